The Hall–Kier alpha value is -1.33. The Kier molecular flexibility index (Phi) is 4.38. The number of hydrogen-bond donors (Lipinski definition) is 1. The molecule has 1 aromatic heterocycles. The average molecular weight is 250 g/mol. The molecule has 5 heteroatoms. The van der Waals surface area contributed by atoms with Gasteiger partial charge in [0.15, 0.2) is 0 Å². The van der Waals surface area contributed by atoms with E-state index in [0.29, 0.717) is 0 Å². The van der Waals surface area contributed by atoms with Crippen LogP contribution in [0, 0.1) is 0 Å². The van der Waals surface area contributed by atoms with E-state index in [2.05, 4.69) is 10.2 Å². The number of likely N-dealkylation sites (N-methyl/N-ethyl adjacent to an activating group) is 1. The summed E-state index contributed by atoms with van der Waals surface area (Å²) in [7, 11) is 3.77. The Morgan fingerprint density at radius 2 is 2.17 bits per heavy atom. The molecular formula is C13H22N4O. The van der Waals surface area contributed by atoms with Crippen molar-refractivity contribution in [2.45, 2.75) is 0 Å². The molecule has 1 aromatic rings. The van der Waals surface area contributed by atoms with Gasteiger partial charge in [-0.3, -0.25) is 9.69 Å². The molecule has 0 atom stereocenters. The highest BCUT2D eigenvalue weighted by atomic mass is 16.2. The van der Waals surface area contributed by atoms with Gasteiger partial charge in [0, 0.05) is 59.6 Å². The molecule has 1 aliphatic heterocycles. The standard InChI is InChI=1S/C13H22N4O/c1-15-7-3-4-12(15)13(18)16(2)10-11-17-8-5-14-6-9-17/h3-4,7,14H,5-6,8-11H2,1-2H3. The van der Waals surface area contributed by atoms with E-state index in [1.165, 1.54) is 0 Å². The van der Waals surface area contributed by atoms with E-state index in [4.69, 9.17) is 0 Å². The maximum atomic E-state index is 12.2. The first-order valence-electron chi connectivity index (χ1n) is 6.48. The van der Waals surface area contributed by atoms with Gasteiger partial charge >= 0.3 is 0 Å². The number of carbonyl (C=O) groups is 1. The topological polar surface area (TPSA) is 40.5 Å². The van der Waals surface area contributed by atoms with Gasteiger partial charge in [0.2, 0.25) is 0 Å². The summed E-state index contributed by atoms with van der Waals surface area (Å²) >= 11 is 0. The second-order valence-electron chi connectivity index (χ2n) is 4.82. The Morgan fingerprint density at radius 1 is 1.44 bits per heavy atom. The predicted octanol–water partition coefficient (Wildman–Crippen LogP) is 0.00230. The van der Waals surface area contributed by atoms with E-state index in [9.17, 15) is 4.79 Å². The molecule has 100 valence electrons. The number of carbonyl (C=O) groups excluding carboxylic acids is 1. The van der Waals surface area contributed by atoms with Crippen molar-refractivity contribution in [1.29, 1.82) is 0 Å². The van der Waals surface area contributed by atoms with Gasteiger partial charge in [-0.25, -0.2) is 0 Å². The van der Waals surface area contributed by atoms with Crippen molar-refractivity contribution in [2.75, 3.05) is 46.3 Å². The number of hydrogen-bond acceptors (Lipinski definition) is 3. The van der Waals surface area contributed by atoms with Gasteiger partial charge in [-0.1, -0.05) is 0 Å². The summed E-state index contributed by atoms with van der Waals surface area (Å²) in [6.45, 7) is 5.99. The van der Waals surface area contributed by atoms with E-state index in [1.807, 2.05) is 37.0 Å². The minimum Gasteiger partial charge on any atom is -0.347 e. The summed E-state index contributed by atoms with van der Waals surface area (Å²) in [5.74, 6) is 0.0950. The molecule has 0 radical (unpaired) electrons. The summed E-state index contributed by atoms with van der Waals surface area (Å²) in [5, 5.41) is 3.33. The van der Waals surface area contributed by atoms with Crippen LogP contribution in [-0.4, -0.2) is 66.6 Å². The third-order valence-electron chi connectivity index (χ3n) is 3.47. The normalized spacial score (nSPS) is 16.8. The minimum atomic E-state index is 0.0950. The molecule has 0 bridgehead atoms. The fourth-order valence-corrected chi connectivity index (χ4v) is 2.21. The Morgan fingerprint density at radius 3 is 2.78 bits per heavy atom. The summed E-state index contributed by atoms with van der Waals surface area (Å²) in [6.07, 6.45) is 1.90. The van der Waals surface area contributed by atoms with Crippen LogP contribution in [0.3, 0.4) is 0 Å². The smallest absolute Gasteiger partial charge is 0.270 e. The lowest BCUT2D eigenvalue weighted by Gasteiger charge is -2.29. The van der Waals surface area contributed by atoms with Crippen LogP contribution in [0.4, 0.5) is 0 Å². The summed E-state index contributed by atoms with van der Waals surface area (Å²) in [5.41, 5.74) is 0.748. The molecule has 2 rings (SSSR count). The van der Waals surface area contributed by atoms with Crippen LogP contribution in [0.25, 0.3) is 0 Å². The average Bonchev–Trinajstić information content (AvgIpc) is 2.82. The first-order valence-corrected chi connectivity index (χ1v) is 6.48. The zero-order valence-corrected chi connectivity index (χ0v) is 11.2. The van der Waals surface area contributed by atoms with Crippen LogP contribution in [0.5, 0.6) is 0 Å². The zero-order valence-electron chi connectivity index (χ0n) is 11.2. The summed E-state index contributed by atoms with van der Waals surface area (Å²) < 4.78 is 1.86. The molecule has 0 unspecified atom stereocenters. The summed E-state index contributed by atoms with van der Waals surface area (Å²) in [4.78, 5) is 16.4. The van der Waals surface area contributed by atoms with E-state index in [0.717, 1.165) is 45.0 Å². The van der Waals surface area contributed by atoms with Crippen LogP contribution in [0.15, 0.2) is 18.3 Å². The van der Waals surface area contributed by atoms with Crippen molar-refractivity contribution in [1.82, 2.24) is 19.7 Å². The molecule has 0 spiro atoms. The molecule has 0 aliphatic carbocycles. The monoisotopic (exact) mass is 250 g/mol. The SMILES string of the molecule is CN(CCN1CCNCC1)C(=O)c1cccn1C. The molecule has 0 saturated carbocycles. The third kappa shape index (κ3) is 3.11. The van der Waals surface area contributed by atoms with Gasteiger partial charge in [0.1, 0.15) is 5.69 Å². The lowest BCUT2D eigenvalue weighted by molar-refractivity contribution is 0.0765. The van der Waals surface area contributed by atoms with E-state index in [-0.39, 0.29) is 5.91 Å². The number of piperazine rings is 1. The molecule has 1 saturated heterocycles. The van der Waals surface area contributed by atoms with Gasteiger partial charge < -0.3 is 14.8 Å². The van der Waals surface area contributed by atoms with Gasteiger partial charge in [0.05, 0.1) is 0 Å². The van der Waals surface area contributed by atoms with Crippen molar-refractivity contribution in [3.63, 3.8) is 0 Å². The number of nitrogens with zero attached hydrogens (tertiary/aromatic N) is 3. The van der Waals surface area contributed by atoms with Crippen molar-refractivity contribution in [3.05, 3.63) is 24.0 Å². The van der Waals surface area contributed by atoms with Crippen molar-refractivity contribution in [2.24, 2.45) is 7.05 Å². The second-order valence-corrected chi connectivity index (χ2v) is 4.82. The van der Waals surface area contributed by atoms with Gasteiger partial charge in [-0.15, -0.1) is 0 Å². The largest absolute Gasteiger partial charge is 0.347 e. The third-order valence-corrected chi connectivity index (χ3v) is 3.47. The molecule has 1 amide bonds. The molecule has 2 heterocycles. The molecular weight excluding hydrogens is 228 g/mol. The number of rotatable bonds is 4. The maximum absolute atomic E-state index is 12.2. The molecule has 1 fully saturated rings. The lowest BCUT2D eigenvalue weighted by atomic mass is 10.3. The Labute approximate surface area is 108 Å². The molecule has 18 heavy (non-hydrogen) atoms. The van der Waals surface area contributed by atoms with Crippen LogP contribution in [-0.2, 0) is 7.05 Å². The zero-order chi connectivity index (χ0) is 13.0. The lowest BCUT2D eigenvalue weighted by Crippen LogP contribution is -2.46. The molecule has 1 aliphatic rings. The summed E-state index contributed by atoms with van der Waals surface area (Å²) in [6, 6.07) is 3.76. The fraction of sp³-hybridized carbons (Fsp3) is 0.615. The Bertz CT molecular complexity index is 395. The van der Waals surface area contributed by atoms with E-state index < -0.39 is 0 Å². The molecule has 5 nitrogen and oxygen atoms in total. The highest BCUT2D eigenvalue weighted by Crippen LogP contribution is 2.04. The first kappa shape index (κ1) is 13.1. The highest BCUT2D eigenvalue weighted by molar-refractivity contribution is 5.92. The van der Waals surface area contributed by atoms with E-state index in [1.54, 1.807) is 4.90 Å². The van der Waals surface area contributed by atoms with Crippen LogP contribution in [0.2, 0.25) is 0 Å². The van der Waals surface area contributed by atoms with Gasteiger partial charge in [-0.05, 0) is 12.1 Å². The fourth-order valence-electron chi connectivity index (χ4n) is 2.21. The van der Waals surface area contributed by atoms with Crippen molar-refractivity contribution < 1.29 is 4.79 Å². The number of aromatic nitrogens is 1. The van der Waals surface area contributed by atoms with E-state index >= 15 is 0 Å². The van der Waals surface area contributed by atoms with Crippen molar-refractivity contribution >= 4 is 5.91 Å². The number of amides is 1. The van der Waals surface area contributed by atoms with Gasteiger partial charge in [-0.2, -0.15) is 0 Å². The van der Waals surface area contributed by atoms with Crippen LogP contribution in [0.1, 0.15) is 10.5 Å². The Balaban J connectivity index is 1.82. The first-order chi connectivity index (χ1) is 8.68. The van der Waals surface area contributed by atoms with Crippen LogP contribution >= 0.6 is 0 Å². The van der Waals surface area contributed by atoms with Crippen molar-refractivity contribution in [3.8, 4) is 0 Å². The highest BCUT2D eigenvalue weighted by Gasteiger charge is 2.16. The quantitative estimate of drug-likeness (QED) is 0.818. The van der Waals surface area contributed by atoms with Crippen LogP contribution < -0.4 is 5.32 Å². The second kappa shape index (κ2) is 6.02. The minimum absolute atomic E-state index is 0.0950. The van der Waals surface area contributed by atoms with Gasteiger partial charge in [0.25, 0.3) is 5.91 Å². The molecule has 0 aromatic carbocycles. The molecule has 1 N–H and O–H groups in total. The number of aryl methyl sites for hydroxylation is 1. The maximum Gasteiger partial charge on any atom is 0.270 e. The predicted molar refractivity (Wildman–Crippen MR) is 71.7 cm³/mol. The number of nitrogens with one attached hydrogen (secondary N) is 1.